The normalized spacial score (nSPS) is 17.0. The van der Waals surface area contributed by atoms with E-state index in [0.717, 1.165) is 45.4 Å². The molecule has 0 aliphatic carbocycles. The van der Waals surface area contributed by atoms with E-state index in [2.05, 4.69) is 32.8 Å². The molecule has 1 saturated heterocycles. The molecule has 0 aromatic rings. The first-order valence-electron chi connectivity index (χ1n) is 9.01. The zero-order chi connectivity index (χ0) is 18.7. The summed E-state index contributed by atoms with van der Waals surface area (Å²) in [6.45, 7) is 14.4. The van der Waals surface area contributed by atoms with Gasteiger partial charge in [-0.15, -0.1) is 24.0 Å². The van der Waals surface area contributed by atoms with Gasteiger partial charge in [0.05, 0.1) is 13.2 Å². The Labute approximate surface area is 174 Å². The molecule has 1 aliphatic rings. The number of ether oxygens (including phenoxy) is 2. The Morgan fingerprint density at radius 1 is 1.19 bits per heavy atom. The van der Waals surface area contributed by atoms with Gasteiger partial charge in [0.15, 0.2) is 5.96 Å². The van der Waals surface area contributed by atoms with Crippen LogP contribution in [-0.4, -0.2) is 82.1 Å². The van der Waals surface area contributed by atoms with Gasteiger partial charge in [-0.25, -0.2) is 4.79 Å². The van der Waals surface area contributed by atoms with E-state index in [1.165, 1.54) is 0 Å². The molecular weight excluding hydrogens is 449 g/mol. The van der Waals surface area contributed by atoms with Gasteiger partial charge < -0.3 is 25.4 Å². The molecule has 1 unspecified atom stereocenters. The van der Waals surface area contributed by atoms with E-state index in [9.17, 15) is 4.79 Å². The molecule has 1 aliphatic heterocycles. The number of carbonyl (C=O) groups is 1. The predicted molar refractivity (Wildman–Crippen MR) is 115 cm³/mol. The minimum atomic E-state index is -0.480. The third kappa shape index (κ3) is 12.5. The predicted octanol–water partition coefficient (Wildman–Crippen LogP) is 1.26. The van der Waals surface area contributed by atoms with Gasteiger partial charge in [-0.2, -0.15) is 0 Å². The number of guanidine groups is 1. The van der Waals surface area contributed by atoms with Crippen LogP contribution in [0.4, 0.5) is 4.79 Å². The van der Waals surface area contributed by atoms with Crippen molar-refractivity contribution in [1.29, 1.82) is 0 Å². The Kier molecular flexibility index (Phi) is 13.0. The second-order valence-electron chi connectivity index (χ2n) is 7.33. The molecule has 0 aromatic carbocycles. The Hall–Kier alpha value is -0.810. The Balaban J connectivity index is 0.00000625. The molecule has 0 saturated carbocycles. The third-order valence-corrected chi connectivity index (χ3v) is 3.60. The van der Waals surface area contributed by atoms with Gasteiger partial charge in [0, 0.05) is 46.3 Å². The van der Waals surface area contributed by atoms with Crippen LogP contribution in [-0.2, 0) is 9.47 Å². The van der Waals surface area contributed by atoms with E-state index in [1.54, 1.807) is 7.05 Å². The summed E-state index contributed by atoms with van der Waals surface area (Å²) in [5, 5.41) is 9.22. The average Bonchev–Trinajstić information content (AvgIpc) is 2.53. The third-order valence-electron chi connectivity index (χ3n) is 3.60. The van der Waals surface area contributed by atoms with Crippen LogP contribution in [0.15, 0.2) is 4.99 Å². The molecule has 0 bridgehead atoms. The second-order valence-corrected chi connectivity index (χ2v) is 7.33. The maximum Gasteiger partial charge on any atom is 0.407 e. The van der Waals surface area contributed by atoms with E-state index in [4.69, 9.17) is 9.47 Å². The standard InChI is InChI=1S/C17H35N5O3.HI/c1-14(13-22-8-10-24-11-9-22)12-21-15(18-5)19-6-7-20-16(23)25-17(2,3)4;/h14H,6-13H2,1-5H3,(H,20,23)(H2,18,19,21);1H. The minimum absolute atomic E-state index is 0. The van der Waals surface area contributed by atoms with Crippen molar-refractivity contribution in [3.8, 4) is 0 Å². The number of amides is 1. The lowest BCUT2D eigenvalue weighted by Crippen LogP contribution is -2.45. The van der Waals surface area contributed by atoms with Gasteiger partial charge in [-0.05, 0) is 26.7 Å². The summed E-state index contributed by atoms with van der Waals surface area (Å²) in [6.07, 6.45) is -0.406. The van der Waals surface area contributed by atoms with Crippen molar-refractivity contribution >= 4 is 36.0 Å². The quantitative estimate of drug-likeness (QED) is 0.218. The Morgan fingerprint density at radius 3 is 2.38 bits per heavy atom. The van der Waals surface area contributed by atoms with Crippen LogP contribution in [0.25, 0.3) is 0 Å². The first kappa shape index (κ1) is 25.2. The van der Waals surface area contributed by atoms with E-state index in [1.807, 2.05) is 20.8 Å². The average molecular weight is 485 g/mol. The monoisotopic (exact) mass is 485 g/mol. The molecule has 1 fully saturated rings. The molecule has 3 N–H and O–H groups in total. The molecule has 1 heterocycles. The van der Waals surface area contributed by atoms with Crippen LogP contribution in [0.1, 0.15) is 27.7 Å². The molecule has 1 amide bonds. The maximum absolute atomic E-state index is 11.6. The number of aliphatic imine (C=N–C) groups is 1. The van der Waals surface area contributed by atoms with Crippen LogP contribution in [0.3, 0.4) is 0 Å². The van der Waals surface area contributed by atoms with E-state index >= 15 is 0 Å². The largest absolute Gasteiger partial charge is 0.444 e. The van der Waals surface area contributed by atoms with Crippen molar-refractivity contribution < 1.29 is 14.3 Å². The fourth-order valence-corrected chi connectivity index (χ4v) is 2.44. The van der Waals surface area contributed by atoms with Crippen LogP contribution in [0.2, 0.25) is 0 Å². The molecule has 0 aromatic heterocycles. The maximum atomic E-state index is 11.6. The zero-order valence-corrected chi connectivity index (χ0v) is 19.1. The van der Waals surface area contributed by atoms with Gasteiger partial charge in [0.1, 0.15) is 5.60 Å². The van der Waals surface area contributed by atoms with Crippen LogP contribution < -0.4 is 16.0 Å². The number of nitrogens with zero attached hydrogens (tertiary/aromatic N) is 2. The summed E-state index contributed by atoms with van der Waals surface area (Å²) in [4.78, 5) is 18.2. The van der Waals surface area contributed by atoms with E-state index < -0.39 is 11.7 Å². The molecule has 26 heavy (non-hydrogen) atoms. The lowest BCUT2D eigenvalue weighted by atomic mass is 10.1. The highest BCUT2D eigenvalue weighted by atomic mass is 127. The van der Waals surface area contributed by atoms with Gasteiger partial charge in [0.25, 0.3) is 0 Å². The highest BCUT2D eigenvalue weighted by molar-refractivity contribution is 14.0. The van der Waals surface area contributed by atoms with Crippen molar-refractivity contribution in [2.24, 2.45) is 10.9 Å². The van der Waals surface area contributed by atoms with Crippen LogP contribution >= 0.6 is 24.0 Å². The van der Waals surface area contributed by atoms with Crippen LogP contribution in [0.5, 0.6) is 0 Å². The van der Waals surface area contributed by atoms with Crippen molar-refractivity contribution in [2.75, 3.05) is 59.5 Å². The number of carbonyl (C=O) groups excluding carboxylic acids is 1. The zero-order valence-electron chi connectivity index (χ0n) is 16.8. The number of nitrogens with one attached hydrogen (secondary N) is 3. The number of morpholine rings is 1. The van der Waals surface area contributed by atoms with Crippen molar-refractivity contribution in [1.82, 2.24) is 20.9 Å². The fraction of sp³-hybridized carbons (Fsp3) is 0.882. The van der Waals surface area contributed by atoms with Crippen molar-refractivity contribution in [3.05, 3.63) is 0 Å². The van der Waals surface area contributed by atoms with Gasteiger partial charge in [-0.1, -0.05) is 6.92 Å². The number of hydrogen-bond donors (Lipinski definition) is 3. The molecule has 154 valence electrons. The SMILES string of the molecule is CN=C(NCCNC(=O)OC(C)(C)C)NCC(C)CN1CCOCC1.I. The van der Waals surface area contributed by atoms with Crippen molar-refractivity contribution in [2.45, 2.75) is 33.3 Å². The summed E-state index contributed by atoms with van der Waals surface area (Å²) < 4.78 is 10.6. The summed E-state index contributed by atoms with van der Waals surface area (Å²) in [7, 11) is 1.74. The molecule has 9 heteroatoms. The molecule has 8 nitrogen and oxygen atoms in total. The Bertz CT molecular complexity index is 423. The van der Waals surface area contributed by atoms with Gasteiger partial charge in [0.2, 0.25) is 0 Å². The molecule has 0 spiro atoms. The summed E-state index contributed by atoms with van der Waals surface area (Å²) in [5.41, 5.74) is -0.480. The minimum Gasteiger partial charge on any atom is -0.444 e. The molecule has 1 rings (SSSR count). The van der Waals surface area contributed by atoms with Gasteiger partial charge in [-0.3, -0.25) is 9.89 Å². The van der Waals surface area contributed by atoms with Crippen molar-refractivity contribution in [3.63, 3.8) is 0 Å². The van der Waals surface area contributed by atoms with Gasteiger partial charge >= 0.3 is 6.09 Å². The molecule has 0 radical (unpaired) electrons. The van der Waals surface area contributed by atoms with E-state index in [0.29, 0.717) is 19.0 Å². The highest BCUT2D eigenvalue weighted by Crippen LogP contribution is 2.06. The first-order valence-corrected chi connectivity index (χ1v) is 9.01. The molecule has 1 atom stereocenters. The summed E-state index contributed by atoms with van der Waals surface area (Å²) in [6, 6.07) is 0. The second kappa shape index (κ2) is 13.4. The lowest BCUT2D eigenvalue weighted by Gasteiger charge is -2.29. The first-order chi connectivity index (χ1) is 11.8. The van der Waals surface area contributed by atoms with E-state index in [-0.39, 0.29) is 24.0 Å². The Morgan fingerprint density at radius 2 is 1.81 bits per heavy atom. The summed E-state index contributed by atoms with van der Waals surface area (Å²) in [5.74, 6) is 1.25. The smallest absolute Gasteiger partial charge is 0.407 e. The number of alkyl carbamates (subject to hydrolysis) is 1. The number of hydrogen-bond acceptors (Lipinski definition) is 5. The van der Waals surface area contributed by atoms with Crippen LogP contribution in [0, 0.1) is 5.92 Å². The topological polar surface area (TPSA) is 87.2 Å². The summed E-state index contributed by atoms with van der Waals surface area (Å²) >= 11 is 0. The number of rotatable bonds is 7. The highest BCUT2D eigenvalue weighted by Gasteiger charge is 2.16. The lowest BCUT2D eigenvalue weighted by molar-refractivity contribution is 0.0320. The molecular formula is C17H36IN5O3. The fourth-order valence-electron chi connectivity index (χ4n) is 2.44. The number of halogens is 1.